The fourth-order valence-corrected chi connectivity index (χ4v) is 1.46. The Morgan fingerprint density at radius 2 is 2.05 bits per heavy atom. The number of hydrazone groups is 1. The number of nitrogens with one attached hydrogen (secondary N) is 1. The molecule has 5 nitrogen and oxygen atoms in total. The summed E-state index contributed by atoms with van der Waals surface area (Å²) in [7, 11) is 0. The van der Waals surface area contributed by atoms with Crippen molar-refractivity contribution in [2.24, 2.45) is 5.10 Å². The lowest BCUT2D eigenvalue weighted by Crippen LogP contribution is -2.20. The van der Waals surface area contributed by atoms with E-state index in [0.29, 0.717) is 12.5 Å². The van der Waals surface area contributed by atoms with Gasteiger partial charge in [0.05, 0.1) is 12.9 Å². The van der Waals surface area contributed by atoms with Crippen LogP contribution in [0.25, 0.3) is 0 Å². The van der Waals surface area contributed by atoms with Crippen LogP contribution < -0.4 is 5.43 Å². The van der Waals surface area contributed by atoms with Crippen LogP contribution in [0.5, 0.6) is 0 Å². The summed E-state index contributed by atoms with van der Waals surface area (Å²) in [5.74, 6) is 0.147. The number of carbonyl (C=O) groups excluding carboxylic acids is 1. The van der Waals surface area contributed by atoms with Crippen molar-refractivity contribution >= 4 is 11.8 Å². The molecule has 1 amide bonds. The van der Waals surface area contributed by atoms with Gasteiger partial charge < -0.3 is 9.15 Å². The average Bonchev–Trinajstić information content (AvgIpc) is 2.98. The van der Waals surface area contributed by atoms with Crippen molar-refractivity contribution < 1.29 is 13.9 Å². The van der Waals surface area contributed by atoms with Crippen LogP contribution in [0.1, 0.15) is 23.0 Å². The number of hydrogen-bond donors (Lipinski definition) is 1. The van der Waals surface area contributed by atoms with E-state index >= 15 is 0 Å². The summed E-state index contributed by atoms with van der Waals surface area (Å²) < 4.78 is 10.4. The number of amides is 1. The predicted molar refractivity (Wildman–Crippen MR) is 70.8 cm³/mol. The van der Waals surface area contributed by atoms with Crippen molar-refractivity contribution in [3.05, 3.63) is 60.1 Å². The van der Waals surface area contributed by atoms with Crippen LogP contribution in [0.4, 0.5) is 0 Å². The Balaban J connectivity index is 2.11. The summed E-state index contributed by atoms with van der Waals surface area (Å²) in [5, 5.41) is 3.97. The molecule has 1 aromatic carbocycles. The second-order valence-corrected chi connectivity index (χ2v) is 3.63. The SMILES string of the molecule is CCOC(=NNC(=O)c1ccco1)c1ccccc1. The van der Waals surface area contributed by atoms with Gasteiger partial charge in [-0.05, 0) is 31.2 Å². The molecule has 0 radical (unpaired) electrons. The second kappa shape index (κ2) is 6.39. The van der Waals surface area contributed by atoms with Gasteiger partial charge in [0.1, 0.15) is 0 Å². The maximum Gasteiger partial charge on any atom is 0.307 e. The van der Waals surface area contributed by atoms with Crippen molar-refractivity contribution in [3.8, 4) is 0 Å². The molecule has 2 rings (SSSR count). The molecule has 0 fully saturated rings. The number of hydrogen-bond acceptors (Lipinski definition) is 4. The molecule has 19 heavy (non-hydrogen) atoms. The molecule has 1 N–H and O–H groups in total. The molecule has 2 aromatic rings. The van der Waals surface area contributed by atoms with Crippen molar-refractivity contribution in [1.29, 1.82) is 0 Å². The van der Waals surface area contributed by atoms with Crippen LogP contribution in [0.3, 0.4) is 0 Å². The lowest BCUT2D eigenvalue weighted by Gasteiger charge is -2.07. The molecule has 0 saturated heterocycles. The third-order valence-electron chi connectivity index (χ3n) is 2.31. The molecule has 0 unspecified atom stereocenters. The summed E-state index contributed by atoms with van der Waals surface area (Å²) >= 11 is 0. The number of ether oxygens (including phenoxy) is 1. The maximum atomic E-state index is 11.7. The van der Waals surface area contributed by atoms with Gasteiger partial charge in [-0.1, -0.05) is 18.2 Å². The van der Waals surface area contributed by atoms with E-state index in [9.17, 15) is 4.79 Å². The first-order valence-electron chi connectivity index (χ1n) is 5.91. The highest BCUT2D eigenvalue weighted by atomic mass is 16.5. The molecule has 5 heteroatoms. The quantitative estimate of drug-likeness (QED) is 0.520. The lowest BCUT2D eigenvalue weighted by molar-refractivity contribution is 0.0925. The minimum Gasteiger partial charge on any atom is -0.477 e. The number of nitrogens with zero attached hydrogens (tertiary/aromatic N) is 1. The van der Waals surface area contributed by atoms with E-state index in [1.807, 2.05) is 37.3 Å². The minimum absolute atomic E-state index is 0.202. The summed E-state index contributed by atoms with van der Waals surface area (Å²) in [6.45, 7) is 2.32. The van der Waals surface area contributed by atoms with E-state index in [4.69, 9.17) is 9.15 Å². The fraction of sp³-hybridized carbons (Fsp3) is 0.143. The van der Waals surface area contributed by atoms with Crippen molar-refractivity contribution in [2.75, 3.05) is 6.61 Å². The first kappa shape index (κ1) is 12.9. The molecule has 0 aliphatic heterocycles. The topological polar surface area (TPSA) is 63.8 Å². The first-order valence-corrected chi connectivity index (χ1v) is 5.91. The second-order valence-electron chi connectivity index (χ2n) is 3.63. The number of carbonyl (C=O) groups is 1. The van der Waals surface area contributed by atoms with E-state index in [-0.39, 0.29) is 5.76 Å². The summed E-state index contributed by atoms with van der Waals surface area (Å²) in [4.78, 5) is 11.7. The zero-order valence-electron chi connectivity index (χ0n) is 10.5. The summed E-state index contributed by atoms with van der Waals surface area (Å²) in [6.07, 6.45) is 1.43. The largest absolute Gasteiger partial charge is 0.477 e. The van der Waals surface area contributed by atoms with Gasteiger partial charge >= 0.3 is 5.91 Å². The molecule has 1 aromatic heterocycles. The summed E-state index contributed by atoms with van der Waals surface area (Å²) in [6, 6.07) is 12.6. The van der Waals surface area contributed by atoms with Crippen molar-refractivity contribution in [1.82, 2.24) is 5.43 Å². The van der Waals surface area contributed by atoms with Crippen LogP contribution in [-0.2, 0) is 4.74 Å². The van der Waals surface area contributed by atoms with Gasteiger partial charge in [-0.2, -0.15) is 0 Å². The molecule has 1 heterocycles. The van der Waals surface area contributed by atoms with E-state index in [1.165, 1.54) is 6.26 Å². The normalized spacial score (nSPS) is 11.1. The Bertz CT molecular complexity index is 547. The van der Waals surface area contributed by atoms with Gasteiger partial charge in [0.15, 0.2) is 5.76 Å². The highest BCUT2D eigenvalue weighted by Crippen LogP contribution is 2.03. The zero-order valence-corrected chi connectivity index (χ0v) is 10.5. The Morgan fingerprint density at radius 1 is 1.26 bits per heavy atom. The highest BCUT2D eigenvalue weighted by Gasteiger charge is 2.09. The standard InChI is InChI=1S/C14H14N2O3/c1-2-18-14(11-7-4-3-5-8-11)16-15-13(17)12-9-6-10-19-12/h3-10H,2H2,1H3,(H,15,17). The third kappa shape index (κ3) is 3.45. The van der Waals surface area contributed by atoms with E-state index in [0.717, 1.165) is 5.56 Å². The van der Waals surface area contributed by atoms with Crippen LogP contribution in [0, 0.1) is 0 Å². The van der Waals surface area contributed by atoms with Gasteiger partial charge in [-0.15, -0.1) is 5.10 Å². The Kier molecular flexibility index (Phi) is 4.34. The van der Waals surface area contributed by atoms with E-state index in [1.54, 1.807) is 12.1 Å². The Labute approximate surface area is 110 Å². The van der Waals surface area contributed by atoms with Crippen LogP contribution >= 0.6 is 0 Å². The molecular weight excluding hydrogens is 244 g/mol. The fourth-order valence-electron chi connectivity index (χ4n) is 1.46. The minimum atomic E-state index is -0.418. The third-order valence-corrected chi connectivity index (χ3v) is 2.31. The van der Waals surface area contributed by atoms with Crippen molar-refractivity contribution in [2.45, 2.75) is 6.92 Å². The smallest absolute Gasteiger partial charge is 0.307 e. The van der Waals surface area contributed by atoms with Crippen LogP contribution in [0.15, 0.2) is 58.2 Å². The molecule has 0 spiro atoms. The van der Waals surface area contributed by atoms with Gasteiger partial charge in [0.25, 0.3) is 0 Å². The summed E-state index contributed by atoms with van der Waals surface area (Å²) in [5.41, 5.74) is 3.19. The van der Waals surface area contributed by atoms with Gasteiger partial charge in [0.2, 0.25) is 5.90 Å². The van der Waals surface area contributed by atoms with Crippen LogP contribution in [0.2, 0.25) is 0 Å². The lowest BCUT2D eigenvalue weighted by atomic mass is 10.2. The molecule has 98 valence electrons. The predicted octanol–water partition coefficient (Wildman–Crippen LogP) is 2.41. The zero-order chi connectivity index (χ0) is 13.5. The molecule has 0 aliphatic carbocycles. The van der Waals surface area contributed by atoms with E-state index in [2.05, 4.69) is 10.5 Å². The first-order chi connectivity index (χ1) is 9.31. The van der Waals surface area contributed by atoms with Gasteiger partial charge in [-0.25, -0.2) is 5.43 Å². The Morgan fingerprint density at radius 3 is 2.68 bits per heavy atom. The van der Waals surface area contributed by atoms with Crippen LogP contribution in [-0.4, -0.2) is 18.4 Å². The molecule has 0 bridgehead atoms. The monoisotopic (exact) mass is 258 g/mol. The molecule has 0 saturated carbocycles. The maximum absolute atomic E-state index is 11.7. The van der Waals surface area contributed by atoms with E-state index < -0.39 is 5.91 Å². The van der Waals surface area contributed by atoms with Gasteiger partial charge in [0, 0.05) is 5.56 Å². The van der Waals surface area contributed by atoms with Crippen molar-refractivity contribution in [3.63, 3.8) is 0 Å². The Hall–Kier alpha value is -2.56. The highest BCUT2D eigenvalue weighted by molar-refractivity contribution is 5.96. The molecule has 0 atom stereocenters. The molecule has 0 aliphatic rings. The average molecular weight is 258 g/mol. The number of furan rings is 1. The number of rotatable bonds is 4. The number of benzene rings is 1. The van der Waals surface area contributed by atoms with Gasteiger partial charge in [-0.3, -0.25) is 4.79 Å². The molecular formula is C14H14N2O3.